The molecule has 0 spiro atoms. The molecule has 1 aromatic carbocycles. The van der Waals surface area contributed by atoms with E-state index in [0.29, 0.717) is 19.8 Å². The van der Waals surface area contributed by atoms with Crippen molar-refractivity contribution in [3.05, 3.63) is 29.8 Å². The van der Waals surface area contributed by atoms with Crippen LogP contribution in [0.4, 0.5) is 0 Å². The fourth-order valence-corrected chi connectivity index (χ4v) is 3.25. The molecule has 1 aliphatic heterocycles. The van der Waals surface area contributed by atoms with Gasteiger partial charge in [-0.2, -0.15) is 0 Å². The zero-order valence-corrected chi connectivity index (χ0v) is 13.9. The quantitative estimate of drug-likeness (QED) is 0.667. The number of carbonyl (C=O) groups is 1. The lowest BCUT2D eigenvalue weighted by Crippen LogP contribution is -2.33. The van der Waals surface area contributed by atoms with Gasteiger partial charge in [0.1, 0.15) is 6.10 Å². The lowest BCUT2D eigenvalue weighted by Gasteiger charge is -2.11. The predicted octanol–water partition coefficient (Wildman–Crippen LogP) is 0.407. The number of amides is 1. The highest BCUT2D eigenvalue weighted by atomic mass is 32.2. The third-order valence-electron chi connectivity index (χ3n) is 3.52. The second-order valence-corrected chi connectivity index (χ2v) is 7.02. The second-order valence-electron chi connectivity index (χ2n) is 5.25. The Morgan fingerprint density at radius 1 is 1.35 bits per heavy atom. The molecule has 7 nitrogen and oxygen atoms in total. The Kier molecular flexibility index (Phi) is 6.52. The second kappa shape index (κ2) is 8.39. The Labute approximate surface area is 136 Å². The third-order valence-corrected chi connectivity index (χ3v) is 5.00. The Balaban J connectivity index is 1.87. The van der Waals surface area contributed by atoms with E-state index in [9.17, 15) is 13.2 Å². The first kappa shape index (κ1) is 17.9. The van der Waals surface area contributed by atoms with Crippen molar-refractivity contribution in [2.24, 2.45) is 0 Å². The first-order valence-corrected chi connectivity index (χ1v) is 8.98. The average molecular weight is 342 g/mol. The van der Waals surface area contributed by atoms with Crippen molar-refractivity contribution < 1.29 is 22.7 Å². The van der Waals surface area contributed by atoms with Crippen LogP contribution in [-0.2, 0) is 30.8 Å². The smallest absolute Gasteiger partial charge is 0.249 e. The van der Waals surface area contributed by atoms with E-state index in [2.05, 4.69) is 10.0 Å². The number of rotatable bonds is 8. The molecule has 0 radical (unpaired) electrons. The van der Waals surface area contributed by atoms with E-state index in [4.69, 9.17) is 9.47 Å². The average Bonchev–Trinajstić information content (AvgIpc) is 3.08. The lowest BCUT2D eigenvalue weighted by molar-refractivity contribution is -0.130. The lowest BCUT2D eigenvalue weighted by atomic mass is 10.2. The Hall–Kier alpha value is -1.48. The van der Waals surface area contributed by atoms with Crippen LogP contribution in [-0.4, -0.2) is 47.3 Å². The largest absolute Gasteiger partial charge is 0.383 e. The van der Waals surface area contributed by atoms with E-state index in [1.54, 1.807) is 12.1 Å². The summed E-state index contributed by atoms with van der Waals surface area (Å²) in [6, 6.07) is 6.40. The SMILES string of the molecule is COCCNS(=O)(=O)c1ccc(CNC(=O)C2CCCO2)cc1. The maximum Gasteiger partial charge on any atom is 0.249 e. The van der Waals surface area contributed by atoms with E-state index in [1.165, 1.54) is 19.2 Å². The summed E-state index contributed by atoms with van der Waals surface area (Å²) in [7, 11) is -2.02. The Bertz CT molecular complexity index is 609. The monoisotopic (exact) mass is 342 g/mol. The van der Waals surface area contributed by atoms with Crippen LogP contribution in [0.5, 0.6) is 0 Å². The molecule has 8 heteroatoms. The minimum absolute atomic E-state index is 0.125. The van der Waals surface area contributed by atoms with Gasteiger partial charge in [0.2, 0.25) is 15.9 Å². The van der Waals surface area contributed by atoms with Crippen molar-refractivity contribution in [2.45, 2.75) is 30.4 Å². The van der Waals surface area contributed by atoms with Crippen molar-refractivity contribution in [3.8, 4) is 0 Å². The molecule has 1 unspecified atom stereocenters. The molecule has 0 saturated carbocycles. The zero-order valence-electron chi connectivity index (χ0n) is 13.1. The molecular formula is C15H22N2O5S. The minimum atomic E-state index is -3.53. The van der Waals surface area contributed by atoms with Gasteiger partial charge in [-0.15, -0.1) is 0 Å². The maximum atomic E-state index is 12.0. The fraction of sp³-hybridized carbons (Fsp3) is 0.533. The number of hydrogen-bond acceptors (Lipinski definition) is 5. The molecule has 1 atom stereocenters. The normalized spacial score (nSPS) is 18.0. The van der Waals surface area contributed by atoms with Gasteiger partial charge in [-0.25, -0.2) is 13.1 Å². The summed E-state index contributed by atoms with van der Waals surface area (Å²) in [6.45, 7) is 1.50. The summed E-state index contributed by atoms with van der Waals surface area (Å²) in [5.41, 5.74) is 0.826. The molecule has 1 fully saturated rings. The topological polar surface area (TPSA) is 93.7 Å². The van der Waals surface area contributed by atoms with Crippen molar-refractivity contribution in [3.63, 3.8) is 0 Å². The van der Waals surface area contributed by atoms with E-state index in [1.807, 2.05) is 0 Å². The number of carbonyl (C=O) groups excluding carboxylic acids is 1. The first-order valence-electron chi connectivity index (χ1n) is 7.50. The van der Waals surface area contributed by atoms with Crippen LogP contribution in [0, 0.1) is 0 Å². The van der Waals surface area contributed by atoms with E-state index < -0.39 is 10.0 Å². The standard InChI is InChI=1S/C15H22N2O5S/c1-21-10-8-17-23(19,20)13-6-4-12(5-7-13)11-16-15(18)14-3-2-9-22-14/h4-7,14,17H,2-3,8-11H2,1H3,(H,16,18). The summed E-state index contributed by atoms with van der Waals surface area (Å²) in [4.78, 5) is 12.0. The van der Waals surface area contributed by atoms with Gasteiger partial charge in [-0.1, -0.05) is 12.1 Å². The van der Waals surface area contributed by atoms with Crippen molar-refractivity contribution >= 4 is 15.9 Å². The number of benzene rings is 1. The van der Waals surface area contributed by atoms with Gasteiger partial charge in [0.15, 0.2) is 0 Å². The fourth-order valence-electron chi connectivity index (χ4n) is 2.24. The van der Waals surface area contributed by atoms with Crippen molar-refractivity contribution in [2.75, 3.05) is 26.9 Å². The van der Waals surface area contributed by atoms with Gasteiger partial charge < -0.3 is 14.8 Å². The van der Waals surface area contributed by atoms with Crippen molar-refractivity contribution in [1.29, 1.82) is 0 Å². The van der Waals surface area contributed by atoms with E-state index in [-0.39, 0.29) is 23.5 Å². The summed E-state index contributed by atoms with van der Waals surface area (Å²) in [5, 5.41) is 2.80. The molecule has 128 valence electrons. The molecule has 1 amide bonds. The molecule has 2 N–H and O–H groups in total. The maximum absolute atomic E-state index is 12.0. The molecule has 1 saturated heterocycles. The summed E-state index contributed by atoms with van der Waals surface area (Å²) in [6.07, 6.45) is 1.29. The number of sulfonamides is 1. The molecule has 1 aromatic rings. The van der Waals surface area contributed by atoms with E-state index in [0.717, 1.165) is 18.4 Å². The van der Waals surface area contributed by atoms with Crippen LogP contribution in [0.15, 0.2) is 29.2 Å². The number of methoxy groups -OCH3 is 1. The highest BCUT2D eigenvalue weighted by Gasteiger charge is 2.23. The van der Waals surface area contributed by atoms with Crippen molar-refractivity contribution in [1.82, 2.24) is 10.0 Å². The van der Waals surface area contributed by atoms with Crippen LogP contribution >= 0.6 is 0 Å². The third kappa shape index (κ3) is 5.28. The number of ether oxygens (including phenoxy) is 2. The van der Waals surface area contributed by atoms with Gasteiger partial charge in [0.05, 0.1) is 11.5 Å². The van der Waals surface area contributed by atoms with Crippen LogP contribution in [0.25, 0.3) is 0 Å². The summed E-state index contributed by atoms with van der Waals surface area (Å²) >= 11 is 0. The van der Waals surface area contributed by atoms with Gasteiger partial charge in [0.25, 0.3) is 0 Å². The van der Waals surface area contributed by atoms with Crippen LogP contribution in [0.2, 0.25) is 0 Å². The highest BCUT2D eigenvalue weighted by Crippen LogP contribution is 2.13. The molecule has 0 aromatic heterocycles. The van der Waals surface area contributed by atoms with E-state index >= 15 is 0 Å². The molecule has 1 aliphatic rings. The van der Waals surface area contributed by atoms with Gasteiger partial charge >= 0.3 is 0 Å². The Morgan fingerprint density at radius 3 is 2.70 bits per heavy atom. The molecule has 0 aliphatic carbocycles. The Morgan fingerprint density at radius 2 is 2.09 bits per heavy atom. The summed E-state index contributed by atoms with van der Waals surface area (Å²) < 4.78 is 36.6. The van der Waals surface area contributed by atoms with Crippen LogP contribution in [0.3, 0.4) is 0 Å². The van der Waals surface area contributed by atoms with Crippen LogP contribution in [0.1, 0.15) is 18.4 Å². The van der Waals surface area contributed by atoms with Gasteiger partial charge in [-0.05, 0) is 30.5 Å². The molecule has 1 heterocycles. The molecule has 0 bridgehead atoms. The number of hydrogen-bond donors (Lipinski definition) is 2. The molecular weight excluding hydrogens is 320 g/mol. The molecule has 23 heavy (non-hydrogen) atoms. The minimum Gasteiger partial charge on any atom is -0.383 e. The first-order chi connectivity index (χ1) is 11.0. The van der Waals surface area contributed by atoms with Gasteiger partial charge in [-0.3, -0.25) is 4.79 Å². The van der Waals surface area contributed by atoms with Gasteiger partial charge in [0, 0.05) is 26.8 Å². The number of nitrogens with one attached hydrogen (secondary N) is 2. The summed E-state index contributed by atoms with van der Waals surface area (Å²) in [5.74, 6) is -0.125. The zero-order chi connectivity index (χ0) is 16.7. The highest BCUT2D eigenvalue weighted by molar-refractivity contribution is 7.89. The molecule has 2 rings (SSSR count). The van der Waals surface area contributed by atoms with Crippen LogP contribution < -0.4 is 10.0 Å². The predicted molar refractivity (Wildman–Crippen MR) is 84.3 cm³/mol.